The van der Waals surface area contributed by atoms with Gasteiger partial charge in [-0.1, -0.05) is 49.4 Å². The first-order valence-corrected chi connectivity index (χ1v) is 7.08. The van der Waals surface area contributed by atoms with Gasteiger partial charge in [0.2, 0.25) is 0 Å². The summed E-state index contributed by atoms with van der Waals surface area (Å²) in [6.45, 7) is 3.29. The molecule has 3 rings (SSSR count). The molecule has 0 bridgehead atoms. The van der Waals surface area contributed by atoms with E-state index in [4.69, 9.17) is 0 Å². The van der Waals surface area contributed by atoms with E-state index >= 15 is 0 Å². The van der Waals surface area contributed by atoms with Gasteiger partial charge in [-0.25, -0.2) is 0 Å². The summed E-state index contributed by atoms with van der Waals surface area (Å²) in [5.41, 5.74) is 1.42. The molecule has 1 unspecified atom stereocenters. The third kappa shape index (κ3) is 2.41. The SMILES string of the molecule is CCC(NCc1cccc2ccccc12)C1CC1. The smallest absolute Gasteiger partial charge is 0.0214 e. The third-order valence-electron chi connectivity index (χ3n) is 4.07. The van der Waals surface area contributed by atoms with Crippen LogP contribution in [-0.4, -0.2) is 6.04 Å². The predicted octanol–water partition coefficient (Wildman–Crippen LogP) is 4.12. The second-order valence-corrected chi connectivity index (χ2v) is 5.37. The average Bonchev–Trinajstić information content (AvgIpc) is 3.24. The van der Waals surface area contributed by atoms with E-state index in [0.29, 0.717) is 6.04 Å². The molecule has 0 spiro atoms. The van der Waals surface area contributed by atoms with Gasteiger partial charge in [0.1, 0.15) is 0 Å². The maximum Gasteiger partial charge on any atom is 0.0214 e. The number of benzene rings is 2. The molecule has 0 aliphatic heterocycles. The fourth-order valence-corrected chi connectivity index (χ4v) is 2.83. The Balaban J connectivity index is 1.77. The highest BCUT2D eigenvalue weighted by Crippen LogP contribution is 2.34. The van der Waals surface area contributed by atoms with Crippen LogP contribution >= 0.6 is 0 Å². The highest BCUT2D eigenvalue weighted by molar-refractivity contribution is 5.85. The Hall–Kier alpha value is -1.34. The molecule has 0 radical (unpaired) electrons. The number of rotatable bonds is 5. The average molecular weight is 239 g/mol. The molecule has 18 heavy (non-hydrogen) atoms. The molecular formula is C17H21N. The lowest BCUT2D eigenvalue weighted by atomic mass is 10.0. The summed E-state index contributed by atoms with van der Waals surface area (Å²) in [7, 11) is 0. The van der Waals surface area contributed by atoms with Crippen molar-refractivity contribution in [1.82, 2.24) is 5.32 Å². The minimum Gasteiger partial charge on any atom is -0.310 e. The van der Waals surface area contributed by atoms with Crippen LogP contribution in [0.5, 0.6) is 0 Å². The summed E-state index contributed by atoms with van der Waals surface area (Å²) in [6.07, 6.45) is 4.08. The first-order valence-electron chi connectivity index (χ1n) is 7.08. The molecular weight excluding hydrogens is 218 g/mol. The van der Waals surface area contributed by atoms with E-state index in [1.807, 2.05) is 0 Å². The lowest BCUT2D eigenvalue weighted by molar-refractivity contribution is 0.450. The van der Waals surface area contributed by atoms with Gasteiger partial charge in [-0.2, -0.15) is 0 Å². The molecule has 0 amide bonds. The van der Waals surface area contributed by atoms with Crippen molar-refractivity contribution in [3.63, 3.8) is 0 Å². The van der Waals surface area contributed by atoms with Crippen molar-refractivity contribution in [2.75, 3.05) is 0 Å². The molecule has 1 aliphatic rings. The number of fused-ring (bicyclic) bond motifs is 1. The van der Waals surface area contributed by atoms with Crippen LogP contribution in [0.1, 0.15) is 31.7 Å². The van der Waals surface area contributed by atoms with Gasteiger partial charge < -0.3 is 5.32 Å². The maximum absolute atomic E-state index is 3.74. The number of hydrogen-bond acceptors (Lipinski definition) is 1. The van der Waals surface area contributed by atoms with Crippen molar-refractivity contribution in [2.24, 2.45) is 5.92 Å². The summed E-state index contributed by atoms with van der Waals surface area (Å²) in [5.74, 6) is 0.935. The predicted molar refractivity (Wildman–Crippen MR) is 77.6 cm³/mol. The van der Waals surface area contributed by atoms with Crippen molar-refractivity contribution >= 4 is 10.8 Å². The summed E-state index contributed by atoms with van der Waals surface area (Å²) < 4.78 is 0. The zero-order valence-corrected chi connectivity index (χ0v) is 11.0. The third-order valence-corrected chi connectivity index (χ3v) is 4.07. The molecule has 0 aromatic heterocycles. The van der Waals surface area contributed by atoms with Gasteiger partial charge in [0.25, 0.3) is 0 Å². The minimum absolute atomic E-state index is 0.712. The van der Waals surface area contributed by atoms with Gasteiger partial charge in [0.15, 0.2) is 0 Å². The van der Waals surface area contributed by atoms with Gasteiger partial charge in [-0.3, -0.25) is 0 Å². The fourth-order valence-electron chi connectivity index (χ4n) is 2.83. The van der Waals surface area contributed by atoms with Crippen LogP contribution in [0.15, 0.2) is 42.5 Å². The first-order chi connectivity index (χ1) is 8.88. The summed E-state index contributed by atoms with van der Waals surface area (Å²) in [5, 5.41) is 6.47. The monoisotopic (exact) mass is 239 g/mol. The Morgan fingerprint density at radius 1 is 1.11 bits per heavy atom. The molecule has 94 valence electrons. The summed E-state index contributed by atoms with van der Waals surface area (Å²) in [4.78, 5) is 0. The molecule has 0 saturated heterocycles. The highest BCUT2D eigenvalue weighted by Gasteiger charge is 2.29. The normalized spacial score (nSPS) is 16.9. The van der Waals surface area contributed by atoms with E-state index in [1.165, 1.54) is 35.6 Å². The summed E-state index contributed by atoms with van der Waals surface area (Å²) >= 11 is 0. The number of hydrogen-bond donors (Lipinski definition) is 1. The molecule has 2 aromatic carbocycles. The van der Waals surface area contributed by atoms with Gasteiger partial charge in [0, 0.05) is 12.6 Å². The lowest BCUT2D eigenvalue weighted by Crippen LogP contribution is -2.29. The Morgan fingerprint density at radius 3 is 2.67 bits per heavy atom. The van der Waals surface area contributed by atoms with Crippen molar-refractivity contribution in [2.45, 2.75) is 38.8 Å². The van der Waals surface area contributed by atoms with Crippen molar-refractivity contribution in [1.29, 1.82) is 0 Å². The van der Waals surface area contributed by atoms with E-state index in [0.717, 1.165) is 12.5 Å². The molecule has 1 nitrogen and oxygen atoms in total. The van der Waals surface area contributed by atoms with Crippen molar-refractivity contribution < 1.29 is 0 Å². The molecule has 2 aromatic rings. The zero-order chi connectivity index (χ0) is 12.4. The van der Waals surface area contributed by atoms with Gasteiger partial charge in [0.05, 0.1) is 0 Å². The van der Waals surface area contributed by atoms with E-state index in [1.54, 1.807) is 0 Å². The molecule has 1 fully saturated rings. The quantitative estimate of drug-likeness (QED) is 0.827. The van der Waals surface area contributed by atoms with E-state index in [2.05, 4.69) is 54.7 Å². The van der Waals surface area contributed by atoms with Crippen molar-refractivity contribution in [3.8, 4) is 0 Å². The second-order valence-electron chi connectivity index (χ2n) is 5.37. The Bertz CT molecular complexity index is 523. The molecule has 0 heterocycles. The van der Waals surface area contributed by atoms with E-state index in [-0.39, 0.29) is 0 Å². The van der Waals surface area contributed by atoms with Crippen LogP contribution in [-0.2, 0) is 6.54 Å². The maximum atomic E-state index is 3.74. The fraction of sp³-hybridized carbons (Fsp3) is 0.412. The molecule has 1 N–H and O–H groups in total. The van der Waals surface area contributed by atoms with Crippen LogP contribution in [0.25, 0.3) is 10.8 Å². The zero-order valence-electron chi connectivity index (χ0n) is 11.0. The first kappa shape index (κ1) is 11.7. The van der Waals surface area contributed by atoms with Crippen LogP contribution in [0.2, 0.25) is 0 Å². The standard InChI is InChI=1S/C17H21N/c1-2-17(14-10-11-14)18-12-15-8-5-7-13-6-3-4-9-16(13)15/h3-9,14,17-18H,2,10-12H2,1H3. The second kappa shape index (κ2) is 5.11. The lowest BCUT2D eigenvalue weighted by Gasteiger charge is -2.17. The molecule has 1 aliphatic carbocycles. The van der Waals surface area contributed by atoms with Crippen LogP contribution in [0.4, 0.5) is 0 Å². The molecule has 1 saturated carbocycles. The minimum atomic E-state index is 0.712. The largest absolute Gasteiger partial charge is 0.310 e. The van der Waals surface area contributed by atoms with Gasteiger partial charge in [-0.15, -0.1) is 0 Å². The van der Waals surface area contributed by atoms with E-state index in [9.17, 15) is 0 Å². The van der Waals surface area contributed by atoms with Gasteiger partial charge >= 0.3 is 0 Å². The Labute approximate surface area is 109 Å². The van der Waals surface area contributed by atoms with Crippen molar-refractivity contribution in [3.05, 3.63) is 48.0 Å². The van der Waals surface area contributed by atoms with Crippen LogP contribution in [0.3, 0.4) is 0 Å². The number of nitrogens with one attached hydrogen (secondary N) is 1. The topological polar surface area (TPSA) is 12.0 Å². The summed E-state index contributed by atoms with van der Waals surface area (Å²) in [6, 6.07) is 16.0. The molecule has 1 atom stereocenters. The van der Waals surface area contributed by atoms with Crippen LogP contribution < -0.4 is 5.32 Å². The van der Waals surface area contributed by atoms with Gasteiger partial charge in [-0.05, 0) is 41.5 Å². The molecule has 1 heteroatoms. The Kier molecular flexibility index (Phi) is 3.33. The van der Waals surface area contributed by atoms with E-state index < -0.39 is 0 Å². The Morgan fingerprint density at radius 2 is 1.89 bits per heavy atom. The highest BCUT2D eigenvalue weighted by atomic mass is 14.9. The van der Waals surface area contributed by atoms with Crippen LogP contribution in [0, 0.1) is 5.92 Å².